The first-order chi connectivity index (χ1) is 7.67. The Balaban J connectivity index is 2.63. The summed E-state index contributed by atoms with van der Waals surface area (Å²) in [4.78, 5) is 18.4. The Kier molecular flexibility index (Phi) is 5.04. The van der Waals surface area contributed by atoms with Crippen molar-refractivity contribution in [2.24, 2.45) is 0 Å². The van der Waals surface area contributed by atoms with Crippen LogP contribution in [0.25, 0.3) is 0 Å². The molecule has 1 atom stereocenters. The number of nitrogens with zero attached hydrogens (tertiary/aromatic N) is 2. The van der Waals surface area contributed by atoms with Crippen LogP contribution in [0.3, 0.4) is 0 Å². The van der Waals surface area contributed by atoms with E-state index in [0.717, 1.165) is 12.2 Å². The third-order valence-electron chi connectivity index (χ3n) is 2.08. The number of nitrogens with one attached hydrogen (secondary N) is 1. The summed E-state index contributed by atoms with van der Waals surface area (Å²) in [5.74, 6) is 0.542. The summed E-state index contributed by atoms with van der Waals surface area (Å²) in [7, 11) is 0. The molecule has 0 saturated carbocycles. The minimum absolute atomic E-state index is 0.0385. The number of carbonyl (C=O) groups is 1. The number of carboxylic acids is 1. The second kappa shape index (κ2) is 6.32. The largest absolute Gasteiger partial charge is 0.476 e. The van der Waals surface area contributed by atoms with Crippen molar-refractivity contribution < 1.29 is 9.90 Å². The van der Waals surface area contributed by atoms with E-state index in [1.807, 2.05) is 6.26 Å². The van der Waals surface area contributed by atoms with Gasteiger partial charge in [-0.25, -0.2) is 14.8 Å². The van der Waals surface area contributed by atoms with Crippen LogP contribution in [0.5, 0.6) is 0 Å². The molecule has 88 valence electrons. The van der Waals surface area contributed by atoms with Gasteiger partial charge in [0.15, 0.2) is 5.69 Å². The van der Waals surface area contributed by atoms with Crippen molar-refractivity contribution in [3.63, 3.8) is 0 Å². The van der Waals surface area contributed by atoms with Crippen LogP contribution in [-0.2, 0) is 0 Å². The number of hydrogen-bond acceptors (Lipinski definition) is 5. The average Bonchev–Trinajstić information content (AvgIpc) is 2.29. The molecule has 1 aromatic rings. The highest BCUT2D eigenvalue weighted by Crippen LogP contribution is 2.09. The third-order valence-corrected chi connectivity index (χ3v) is 2.82. The van der Waals surface area contributed by atoms with Gasteiger partial charge in [0, 0.05) is 11.8 Å². The first-order valence-electron chi connectivity index (χ1n) is 4.98. The Bertz CT molecular complexity index is 342. The average molecular weight is 241 g/mol. The molecule has 0 amide bonds. The summed E-state index contributed by atoms with van der Waals surface area (Å²) < 4.78 is 0. The van der Waals surface area contributed by atoms with Gasteiger partial charge in [-0.05, 0) is 12.7 Å². The first-order valence-corrected chi connectivity index (χ1v) is 6.37. The van der Waals surface area contributed by atoms with E-state index in [0.29, 0.717) is 11.9 Å². The van der Waals surface area contributed by atoms with Gasteiger partial charge in [0.2, 0.25) is 0 Å². The van der Waals surface area contributed by atoms with Gasteiger partial charge >= 0.3 is 5.97 Å². The molecule has 0 aliphatic heterocycles. The summed E-state index contributed by atoms with van der Waals surface area (Å²) in [6.07, 6.45) is 5.75. The molecule has 1 aromatic heterocycles. The van der Waals surface area contributed by atoms with Crippen molar-refractivity contribution in [3.05, 3.63) is 18.1 Å². The predicted octanol–water partition coefficient (Wildman–Crippen LogP) is 1.73. The van der Waals surface area contributed by atoms with Crippen LogP contribution < -0.4 is 5.32 Å². The molecule has 2 N–H and O–H groups in total. The number of aromatic carboxylic acids is 1. The standard InChI is InChI=1S/C10H15N3O2S/c1-3-7(6-16-2)13-9-5-11-8(4-12-9)10(14)15/h4-5,7H,3,6H2,1-2H3,(H,12,13)(H,14,15). The fraction of sp³-hybridized carbons (Fsp3) is 0.500. The molecule has 0 aliphatic rings. The number of carboxylic acid groups (broad SMARTS) is 1. The summed E-state index contributed by atoms with van der Waals surface area (Å²) in [5, 5.41) is 11.9. The Morgan fingerprint density at radius 3 is 2.75 bits per heavy atom. The smallest absolute Gasteiger partial charge is 0.356 e. The molecule has 1 rings (SSSR count). The molecular formula is C10H15N3O2S. The lowest BCUT2D eigenvalue weighted by Crippen LogP contribution is -2.22. The normalized spacial score (nSPS) is 12.1. The van der Waals surface area contributed by atoms with E-state index in [9.17, 15) is 4.79 Å². The van der Waals surface area contributed by atoms with Gasteiger partial charge in [0.1, 0.15) is 5.82 Å². The van der Waals surface area contributed by atoms with Gasteiger partial charge in [-0.2, -0.15) is 11.8 Å². The molecule has 0 bridgehead atoms. The fourth-order valence-electron chi connectivity index (χ4n) is 1.18. The van der Waals surface area contributed by atoms with Crippen LogP contribution in [0.4, 0.5) is 5.82 Å². The van der Waals surface area contributed by atoms with Crippen molar-refractivity contribution in [1.82, 2.24) is 9.97 Å². The molecule has 0 spiro atoms. The monoisotopic (exact) mass is 241 g/mol. The van der Waals surface area contributed by atoms with Crippen LogP contribution in [-0.4, -0.2) is 39.1 Å². The van der Waals surface area contributed by atoms with E-state index in [4.69, 9.17) is 5.11 Å². The van der Waals surface area contributed by atoms with Crippen molar-refractivity contribution in [2.75, 3.05) is 17.3 Å². The molecule has 1 unspecified atom stereocenters. The lowest BCUT2D eigenvalue weighted by atomic mass is 10.2. The number of thioether (sulfide) groups is 1. The fourth-order valence-corrected chi connectivity index (χ4v) is 1.91. The minimum Gasteiger partial charge on any atom is -0.476 e. The third kappa shape index (κ3) is 3.69. The zero-order valence-electron chi connectivity index (χ0n) is 9.30. The number of anilines is 1. The number of rotatable bonds is 6. The van der Waals surface area contributed by atoms with Crippen LogP contribution >= 0.6 is 11.8 Å². The molecule has 5 nitrogen and oxygen atoms in total. The van der Waals surface area contributed by atoms with E-state index in [-0.39, 0.29) is 5.69 Å². The highest BCUT2D eigenvalue weighted by molar-refractivity contribution is 7.98. The molecule has 0 radical (unpaired) electrons. The predicted molar refractivity (Wildman–Crippen MR) is 65.1 cm³/mol. The van der Waals surface area contributed by atoms with E-state index in [1.165, 1.54) is 12.4 Å². The van der Waals surface area contributed by atoms with E-state index < -0.39 is 5.97 Å². The molecule has 6 heteroatoms. The molecule has 0 fully saturated rings. The Morgan fingerprint density at radius 2 is 2.31 bits per heavy atom. The summed E-state index contributed by atoms with van der Waals surface area (Å²) in [5.41, 5.74) is -0.0385. The first kappa shape index (κ1) is 12.8. The maximum Gasteiger partial charge on any atom is 0.356 e. The quantitative estimate of drug-likeness (QED) is 0.790. The van der Waals surface area contributed by atoms with Crippen LogP contribution in [0.2, 0.25) is 0 Å². The highest BCUT2D eigenvalue weighted by Gasteiger charge is 2.08. The SMILES string of the molecule is CCC(CSC)Nc1cnc(C(=O)O)cn1. The molecule has 1 heterocycles. The van der Waals surface area contributed by atoms with Gasteiger partial charge in [-0.1, -0.05) is 6.92 Å². The van der Waals surface area contributed by atoms with Gasteiger partial charge < -0.3 is 10.4 Å². The molecule has 0 aliphatic carbocycles. The Hall–Kier alpha value is -1.30. The topological polar surface area (TPSA) is 75.1 Å². The van der Waals surface area contributed by atoms with Crippen LogP contribution in [0.15, 0.2) is 12.4 Å². The highest BCUT2D eigenvalue weighted by atomic mass is 32.2. The van der Waals surface area contributed by atoms with E-state index in [1.54, 1.807) is 11.8 Å². The van der Waals surface area contributed by atoms with E-state index in [2.05, 4.69) is 22.2 Å². The lowest BCUT2D eigenvalue weighted by molar-refractivity contribution is 0.0690. The minimum atomic E-state index is -1.06. The zero-order chi connectivity index (χ0) is 12.0. The second-order valence-corrected chi connectivity index (χ2v) is 4.21. The van der Waals surface area contributed by atoms with Gasteiger partial charge in [-0.3, -0.25) is 0 Å². The molecule has 0 aromatic carbocycles. The summed E-state index contributed by atoms with van der Waals surface area (Å²) in [6.45, 7) is 2.09. The second-order valence-electron chi connectivity index (χ2n) is 3.30. The molecule has 0 saturated heterocycles. The lowest BCUT2D eigenvalue weighted by Gasteiger charge is -2.15. The molecule has 16 heavy (non-hydrogen) atoms. The van der Waals surface area contributed by atoms with E-state index >= 15 is 0 Å². The van der Waals surface area contributed by atoms with Gasteiger partial charge in [0.05, 0.1) is 12.4 Å². The van der Waals surface area contributed by atoms with Crippen LogP contribution in [0, 0.1) is 0 Å². The van der Waals surface area contributed by atoms with Crippen LogP contribution in [0.1, 0.15) is 23.8 Å². The van der Waals surface area contributed by atoms with Crippen molar-refractivity contribution in [3.8, 4) is 0 Å². The maximum absolute atomic E-state index is 10.6. The molecular weight excluding hydrogens is 226 g/mol. The summed E-state index contributed by atoms with van der Waals surface area (Å²) in [6, 6.07) is 0.333. The number of aromatic nitrogens is 2. The van der Waals surface area contributed by atoms with Crippen molar-refractivity contribution >= 4 is 23.5 Å². The Morgan fingerprint density at radius 1 is 1.56 bits per heavy atom. The van der Waals surface area contributed by atoms with Gasteiger partial charge in [-0.15, -0.1) is 0 Å². The van der Waals surface area contributed by atoms with Gasteiger partial charge in [0.25, 0.3) is 0 Å². The summed E-state index contributed by atoms with van der Waals surface area (Å²) >= 11 is 1.76. The number of hydrogen-bond donors (Lipinski definition) is 2. The van der Waals surface area contributed by atoms with Crippen molar-refractivity contribution in [2.45, 2.75) is 19.4 Å². The Labute approximate surface area is 98.7 Å². The maximum atomic E-state index is 10.6. The zero-order valence-corrected chi connectivity index (χ0v) is 10.1. The van der Waals surface area contributed by atoms with Crippen molar-refractivity contribution in [1.29, 1.82) is 0 Å².